The molecule has 0 aliphatic heterocycles. The molecule has 0 spiro atoms. The molecule has 0 radical (unpaired) electrons. The molecule has 0 saturated carbocycles. The van der Waals surface area contributed by atoms with Gasteiger partial charge in [0.05, 0.1) is 0 Å². The molecule has 2 amide bonds. The molecular weight excluding hydrogens is 604 g/mol. The Hall–Kier alpha value is -5.19. The number of carbonyl (C=O) groups excluding carboxylic acids is 3. The molecule has 11 nitrogen and oxygen atoms in total. The molecule has 47 heavy (non-hydrogen) atoms. The molecule has 2 atom stereocenters. The minimum atomic E-state index is -1.94. The predicted molar refractivity (Wildman–Crippen MR) is 173 cm³/mol. The Morgan fingerprint density at radius 1 is 0.617 bits per heavy atom. The average Bonchev–Trinajstić information content (AvgIpc) is 3.01. The number of carbonyl (C=O) groups is 5. The summed E-state index contributed by atoms with van der Waals surface area (Å²) in [5, 5.41) is 24.8. The van der Waals surface area contributed by atoms with Crippen molar-refractivity contribution in [3.8, 4) is 0 Å². The van der Waals surface area contributed by atoms with Crippen LogP contribution in [0.2, 0.25) is 0 Å². The van der Waals surface area contributed by atoms with Gasteiger partial charge in [0.2, 0.25) is 5.91 Å². The van der Waals surface area contributed by atoms with Crippen molar-refractivity contribution in [2.45, 2.75) is 82.6 Å². The monoisotopic (exact) mass is 646 g/mol. The molecule has 0 saturated heterocycles. The third-order valence-corrected chi connectivity index (χ3v) is 7.36. The predicted octanol–water partition coefficient (Wildman–Crippen LogP) is 5.06. The summed E-state index contributed by atoms with van der Waals surface area (Å²) in [6.07, 6.45) is -3.03. The minimum absolute atomic E-state index is 0.146. The fourth-order valence-electron chi connectivity index (χ4n) is 5.09. The summed E-state index contributed by atoms with van der Waals surface area (Å²) in [7, 11) is 0. The molecule has 3 aromatic carbocycles. The second-order valence-corrected chi connectivity index (χ2v) is 12.4. The van der Waals surface area contributed by atoms with Gasteiger partial charge in [-0.25, -0.2) is 9.59 Å². The van der Waals surface area contributed by atoms with Crippen molar-refractivity contribution in [1.29, 1.82) is 0 Å². The van der Waals surface area contributed by atoms with Gasteiger partial charge in [-0.1, -0.05) is 91.0 Å². The van der Waals surface area contributed by atoms with E-state index in [1.807, 2.05) is 0 Å². The van der Waals surface area contributed by atoms with E-state index < -0.39 is 59.4 Å². The van der Waals surface area contributed by atoms with E-state index in [0.717, 1.165) is 0 Å². The number of nitrogens with one attached hydrogen (secondary N) is 2. The standard InChI is InChI=1S/C36H42N2O9/c1-34(2,3)47-33(45)38-35(21-19-29(39)40,23-26-13-7-4-8-14-26)31(43)37-36(22-20-30(41)42,24-27-15-9-5-10-16-27)32(44)46-25-28-17-11-6-12-18-28/h4-18H,19-25H2,1-3H3,(H,37,43)(H,38,45)(H,39,40)(H,41,42)/t35-,36+/m1/s1. The van der Waals surface area contributed by atoms with Crippen LogP contribution >= 0.6 is 0 Å². The van der Waals surface area contributed by atoms with E-state index in [4.69, 9.17) is 9.47 Å². The van der Waals surface area contributed by atoms with Gasteiger partial charge in [0.15, 0.2) is 0 Å². The highest BCUT2D eigenvalue weighted by atomic mass is 16.6. The van der Waals surface area contributed by atoms with Gasteiger partial charge < -0.3 is 30.3 Å². The summed E-state index contributed by atoms with van der Waals surface area (Å²) in [5.74, 6) is -4.21. The van der Waals surface area contributed by atoms with E-state index in [0.29, 0.717) is 16.7 Å². The van der Waals surface area contributed by atoms with Crippen LogP contribution in [0, 0.1) is 0 Å². The molecule has 0 aliphatic carbocycles. The minimum Gasteiger partial charge on any atom is -0.481 e. The van der Waals surface area contributed by atoms with Gasteiger partial charge in [0, 0.05) is 25.7 Å². The summed E-state index contributed by atoms with van der Waals surface area (Å²) in [6.45, 7) is 4.77. The van der Waals surface area contributed by atoms with Crippen molar-refractivity contribution in [2.75, 3.05) is 0 Å². The lowest BCUT2D eigenvalue weighted by molar-refractivity contribution is -0.157. The number of amides is 2. The quantitative estimate of drug-likeness (QED) is 0.155. The maximum absolute atomic E-state index is 14.7. The second kappa shape index (κ2) is 16.4. The molecule has 3 aromatic rings. The van der Waals surface area contributed by atoms with Gasteiger partial charge in [-0.05, 0) is 50.3 Å². The first-order valence-corrected chi connectivity index (χ1v) is 15.3. The number of carboxylic acid groups (broad SMARTS) is 2. The van der Waals surface area contributed by atoms with E-state index >= 15 is 0 Å². The van der Waals surface area contributed by atoms with Crippen LogP contribution in [0.3, 0.4) is 0 Å². The van der Waals surface area contributed by atoms with Crippen molar-refractivity contribution in [2.24, 2.45) is 0 Å². The molecule has 250 valence electrons. The molecule has 0 aliphatic rings. The van der Waals surface area contributed by atoms with E-state index in [1.165, 1.54) is 0 Å². The SMILES string of the molecule is CC(C)(C)OC(=O)N[C@](CCC(=O)O)(Cc1ccccc1)C(=O)N[C@@](CCC(=O)O)(Cc1ccccc1)C(=O)OCc1ccccc1. The Labute approximate surface area is 274 Å². The van der Waals surface area contributed by atoms with Crippen molar-refractivity contribution in [3.63, 3.8) is 0 Å². The Balaban J connectivity index is 2.15. The molecule has 3 rings (SSSR count). The Bertz CT molecular complexity index is 1510. The lowest BCUT2D eigenvalue weighted by Gasteiger charge is -2.39. The maximum Gasteiger partial charge on any atom is 0.408 e. The summed E-state index contributed by atoms with van der Waals surface area (Å²) in [6, 6.07) is 26.2. The highest BCUT2D eigenvalue weighted by Crippen LogP contribution is 2.28. The fourth-order valence-corrected chi connectivity index (χ4v) is 5.09. The molecule has 0 aromatic heterocycles. The van der Waals surface area contributed by atoms with Gasteiger partial charge in [0.1, 0.15) is 23.3 Å². The zero-order valence-electron chi connectivity index (χ0n) is 26.9. The van der Waals surface area contributed by atoms with Crippen LogP contribution in [0.25, 0.3) is 0 Å². The second-order valence-electron chi connectivity index (χ2n) is 12.4. The molecular formula is C36H42N2O9. The van der Waals surface area contributed by atoms with E-state index in [-0.39, 0.29) is 32.3 Å². The summed E-state index contributed by atoms with van der Waals surface area (Å²) in [5.41, 5.74) is -2.94. The van der Waals surface area contributed by atoms with Gasteiger partial charge in [-0.15, -0.1) is 0 Å². The lowest BCUT2D eigenvalue weighted by Crippen LogP contribution is -2.67. The molecule has 11 heteroatoms. The number of rotatable bonds is 16. The number of benzene rings is 3. The number of alkyl carbamates (subject to hydrolysis) is 1. The zero-order chi connectivity index (χ0) is 34.5. The van der Waals surface area contributed by atoms with Crippen molar-refractivity contribution in [1.82, 2.24) is 10.6 Å². The first-order chi connectivity index (χ1) is 22.2. The molecule has 0 unspecified atom stereocenters. The van der Waals surface area contributed by atoms with E-state index in [1.54, 1.807) is 112 Å². The van der Waals surface area contributed by atoms with Crippen LogP contribution in [0.5, 0.6) is 0 Å². The van der Waals surface area contributed by atoms with Crippen LogP contribution in [-0.2, 0) is 48.1 Å². The van der Waals surface area contributed by atoms with Crippen molar-refractivity contribution >= 4 is 29.9 Å². The van der Waals surface area contributed by atoms with Gasteiger partial charge in [-0.2, -0.15) is 0 Å². The number of aliphatic carboxylic acids is 2. The van der Waals surface area contributed by atoms with Crippen LogP contribution in [0.1, 0.15) is 63.1 Å². The van der Waals surface area contributed by atoms with Crippen LogP contribution in [-0.4, -0.2) is 56.8 Å². The van der Waals surface area contributed by atoms with Gasteiger partial charge in [-0.3, -0.25) is 14.4 Å². The maximum atomic E-state index is 14.7. The van der Waals surface area contributed by atoms with Crippen molar-refractivity contribution < 1.29 is 43.7 Å². The normalized spacial score (nSPS) is 13.7. The summed E-state index contributed by atoms with van der Waals surface area (Å²) >= 11 is 0. The molecule has 0 heterocycles. The zero-order valence-corrected chi connectivity index (χ0v) is 26.9. The smallest absolute Gasteiger partial charge is 0.408 e. The van der Waals surface area contributed by atoms with Crippen LogP contribution in [0.15, 0.2) is 91.0 Å². The Kier molecular flexibility index (Phi) is 12.7. The lowest BCUT2D eigenvalue weighted by atomic mass is 9.81. The Morgan fingerprint density at radius 3 is 1.49 bits per heavy atom. The summed E-state index contributed by atoms with van der Waals surface area (Å²) < 4.78 is 11.2. The van der Waals surface area contributed by atoms with Gasteiger partial charge >= 0.3 is 24.0 Å². The van der Waals surface area contributed by atoms with Crippen LogP contribution in [0.4, 0.5) is 4.79 Å². The highest BCUT2D eigenvalue weighted by molar-refractivity contribution is 5.95. The summed E-state index contributed by atoms with van der Waals surface area (Å²) in [4.78, 5) is 65.8. The number of carboxylic acids is 2. The third kappa shape index (κ3) is 11.6. The van der Waals surface area contributed by atoms with E-state index in [2.05, 4.69) is 10.6 Å². The number of hydrogen-bond donors (Lipinski definition) is 4. The average molecular weight is 647 g/mol. The largest absolute Gasteiger partial charge is 0.481 e. The third-order valence-electron chi connectivity index (χ3n) is 7.36. The fraction of sp³-hybridized carbons (Fsp3) is 0.361. The molecule has 4 N–H and O–H groups in total. The van der Waals surface area contributed by atoms with E-state index in [9.17, 15) is 34.2 Å². The first kappa shape index (κ1) is 36.3. The highest BCUT2D eigenvalue weighted by Gasteiger charge is 2.49. The van der Waals surface area contributed by atoms with Gasteiger partial charge in [0.25, 0.3) is 0 Å². The topological polar surface area (TPSA) is 168 Å². The Morgan fingerprint density at radius 2 is 1.04 bits per heavy atom. The van der Waals surface area contributed by atoms with Crippen LogP contribution < -0.4 is 10.6 Å². The first-order valence-electron chi connectivity index (χ1n) is 15.3. The number of hydrogen-bond acceptors (Lipinski definition) is 7. The van der Waals surface area contributed by atoms with Crippen molar-refractivity contribution in [3.05, 3.63) is 108 Å². The number of ether oxygens (including phenoxy) is 2. The number of esters is 1. The molecule has 0 bridgehead atoms. The molecule has 0 fully saturated rings.